The molecule has 0 saturated heterocycles. The summed E-state index contributed by atoms with van der Waals surface area (Å²) in [6, 6.07) is 11.9. The molecule has 0 atom stereocenters. The maximum absolute atomic E-state index is 5.73. The van der Waals surface area contributed by atoms with Crippen molar-refractivity contribution in [1.82, 2.24) is 10.3 Å². The molecule has 0 unspecified atom stereocenters. The predicted molar refractivity (Wildman–Crippen MR) is 82.0 cm³/mol. The van der Waals surface area contributed by atoms with Crippen molar-refractivity contribution < 1.29 is 4.74 Å². The first-order chi connectivity index (χ1) is 9.63. The van der Waals surface area contributed by atoms with Crippen LogP contribution in [-0.2, 0) is 6.54 Å². The molecule has 0 saturated carbocycles. The highest BCUT2D eigenvalue weighted by atomic mass is 16.5. The van der Waals surface area contributed by atoms with Gasteiger partial charge < -0.3 is 10.1 Å². The summed E-state index contributed by atoms with van der Waals surface area (Å²) >= 11 is 0. The van der Waals surface area contributed by atoms with Gasteiger partial charge in [-0.1, -0.05) is 32.0 Å². The highest BCUT2D eigenvalue weighted by molar-refractivity contribution is 5.31. The van der Waals surface area contributed by atoms with E-state index in [9.17, 15) is 0 Å². The standard InChI is InChI=1S/C17H22N2O/c1-13(2)10-18-11-15-7-8-17(19-12-15)20-16-6-4-5-14(3)9-16/h4-9,12-13,18H,10-11H2,1-3H3. The molecule has 0 aliphatic rings. The van der Waals surface area contributed by atoms with Gasteiger partial charge in [0.05, 0.1) is 0 Å². The Morgan fingerprint density at radius 3 is 2.70 bits per heavy atom. The number of rotatable bonds is 6. The molecule has 0 aliphatic heterocycles. The molecule has 20 heavy (non-hydrogen) atoms. The van der Waals surface area contributed by atoms with Gasteiger partial charge in [-0.25, -0.2) is 4.98 Å². The fourth-order valence-electron chi connectivity index (χ4n) is 1.88. The maximum atomic E-state index is 5.73. The van der Waals surface area contributed by atoms with Gasteiger partial charge in [0.15, 0.2) is 0 Å². The Kier molecular flexibility index (Phi) is 5.13. The summed E-state index contributed by atoms with van der Waals surface area (Å²) in [6.07, 6.45) is 1.86. The Hall–Kier alpha value is -1.87. The summed E-state index contributed by atoms with van der Waals surface area (Å²) in [5, 5.41) is 3.40. The summed E-state index contributed by atoms with van der Waals surface area (Å²) in [7, 11) is 0. The van der Waals surface area contributed by atoms with E-state index < -0.39 is 0 Å². The number of hydrogen-bond donors (Lipinski definition) is 1. The normalized spacial score (nSPS) is 10.8. The third kappa shape index (κ3) is 4.67. The molecule has 0 aliphatic carbocycles. The van der Waals surface area contributed by atoms with Gasteiger partial charge in [-0.15, -0.1) is 0 Å². The van der Waals surface area contributed by atoms with Crippen LogP contribution in [0.15, 0.2) is 42.6 Å². The van der Waals surface area contributed by atoms with Crippen molar-refractivity contribution in [2.45, 2.75) is 27.3 Å². The van der Waals surface area contributed by atoms with Gasteiger partial charge in [0, 0.05) is 18.8 Å². The smallest absolute Gasteiger partial charge is 0.219 e. The van der Waals surface area contributed by atoms with Gasteiger partial charge in [0.1, 0.15) is 5.75 Å². The monoisotopic (exact) mass is 270 g/mol. The van der Waals surface area contributed by atoms with Crippen molar-refractivity contribution in [2.75, 3.05) is 6.54 Å². The summed E-state index contributed by atoms with van der Waals surface area (Å²) in [6.45, 7) is 8.30. The molecule has 0 amide bonds. The van der Waals surface area contributed by atoms with Crippen molar-refractivity contribution in [3.63, 3.8) is 0 Å². The lowest BCUT2D eigenvalue weighted by Gasteiger charge is -2.08. The van der Waals surface area contributed by atoms with E-state index in [-0.39, 0.29) is 0 Å². The lowest BCUT2D eigenvalue weighted by Crippen LogP contribution is -2.18. The topological polar surface area (TPSA) is 34.1 Å². The van der Waals surface area contributed by atoms with Crippen molar-refractivity contribution in [3.8, 4) is 11.6 Å². The van der Waals surface area contributed by atoms with Gasteiger partial charge in [0.25, 0.3) is 0 Å². The quantitative estimate of drug-likeness (QED) is 0.863. The van der Waals surface area contributed by atoms with Gasteiger partial charge in [-0.05, 0) is 42.6 Å². The average Bonchev–Trinajstić information content (AvgIpc) is 2.40. The zero-order chi connectivity index (χ0) is 14.4. The summed E-state index contributed by atoms with van der Waals surface area (Å²) in [5.41, 5.74) is 2.35. The average molecular weight is 270 g/mol. The fraction of sp³-hybridized carbons (Fsp3) is 0.353. The third-order valence-electron chi connectivity index (χ3n) is 2.89. The highest BCUT2D eigenvalue weighted by Crippen LogP contribution is 2.20. The van der Waals surface area contributed by atoms with Crippen LogP contribution in [0.5, 0.6) is 11.6 Å². The molecule has 2 aromatic rings. The Morgan fingerprint density at radius 1 is 1.20 bits per heavy atom. The van der Waals surface area contributed by atoms with Crippen LogP contribution in [0.4, 0.5) is 0 Å². The zero-order valence-corrected chi connectivity index (χ0v) is 12.4. The van der Waals surface area contributed by atoms with Gasteiger partial charge in [0.2, 0.25) is 5.88 Å². The molecule has 1 aromatic heterocycles. The molecule has 1 heterocycles. The fourth-order valence-corrected chi connectivity index (χ4v) is 1.88. The number of aryl methyl sites for hydroxylation is 1. The van der Waals surface area contributed by atoms with Crippen molar-refractivity contribution in [3.05, 3.63) is 53.7 Å². The summed E-state index contributed by atoms with van der Waals surface area (Å²) < 4.78 is 5.73. The molecule has 3 nitrogen and oxygen atoms in total. The first kappa shape index (κ1) is 14.5. The van der Waals surface area contributed by atoms with Crippen LogP contribution in [0, 0.1) is 12.8 Å². The Labute approximate surface area is 121 Å². The molecule has 0 spiro atoms. The van der Waals surface area contributed by atoms with Crippen molar-refractivity contribution >= 4 is 0 Å². The van der Waals surface area contributed by atoms with Crippen molar-refractivity contribution in [1.29, 1.82) is 0 Å². The molecule has 0 fully saturated rings. The predicted octanol–water partition coefficient (Wildman–Crippen LogP) is 3.93. The highest BCUT2D eigenvalue weighted by Gasteiger charge is 2.00. The molecule has 3 heteroatoms. The van der Waals surface area contributed by atoms with E-state index in [4.69, 9.17) is 4.74 Å². The van der Waals surface area contributed by atoms with E-state index in [0.29, 0.717) is 11.8 Å². The first-order valence-corrected chi connectivity index (χ1v) is 7.03. The molecule has 1 aromatic carbocycles. The van der Waals surface area contributed by atoms with Crippen LogP contribution in [-0.4, -0.2) is 11.5 Å². The molecule has 1 N–H and O–H groups in total. The number of nitrogens with zero attached hydrogens (tertiary/aromatic N) is 1. The second-order valence-corrected chi connectivity index (χ2v) is 5.45. The van der Waals surface area contributed by atoms with E-state index in [1.165, 1.54) is 11.1 Å². The number of nitrogens with one attached hydrogen (secondary N) is 1. The van der Waals surface area contributed by atoms with Gasteiger partial charge >= 0.3 is 0 Å². The van der Waals surface area contributed by atoms with Crippen LogP contribution >= 0.6 is 0 Å². The lowest BCUT2D eigenvalue weighted by atomic mass is 10.2. The van der Waals surface area contributed by atoms with E-state index in [1.54, 1.807) is 0 Å². The van der Waals surface area contributed by atoms with Crippen LogP contribution in [0.1, 0.15) is 25.0 Å². The van der Waals surface area contributed by atoms with E-state index in [1.807, 2.05) is 49.5 Å². The van der Waals surface area contributed by atoms with Gasteiger partial charge in [-0.3, -0.25) is 0 Å². The lowest BCUT2D eigenvalue weighted by molar-refractivity contribution is 0.461. The SMILES string of the molecule is Cc1cccc(Oc2ccc(CNCC(C)C)cn2)c1. The largest absolute Gasteiger partial charge is 0.439 e. The second-order valence-electron chi connectivity index (χ2n) is 5.45. The Balaban J connectivity index is 1.91. The summed E-state index contributed by atoms with van der Waals surface area (Å²) in [5.74, 6) is 2.11. The van der Waals surface area contributed by atoms with E-state index in [2.05, 4.69) is 24.1 Å². The van der Waals surface area contributed by atoms with Gasteiger partial charge in [-0.2, -0.15) is 0 Å². The van der Waals surface area contributed by atoms with Crippen LogP contribution < -0.4 is 10.1 Å². The molecule has 106 valence electrons. The Bertz CT molecular complexity index is 535. The molecular weight excluding hydrogens is 248 g/mol. The van der Waals surface area contributed by atoms with E-state index >= 15 is 0 Å². The minimum Gasteiger partial charge on any atom is -0.439 e. The number of aromatic nitrogens is 1. The minimum atomic E-state index is 0.628. The number of pyridine rings is 1. The minimum absolute atomic E-state index is 0.628. The number of hydrogen-bond acceptors (Lipinski definition) is 3. The second kappa shape index (κ2) is 7.06. The number of ether oxygens (including phenoxy) is 1. The van der Waals surface area contributed by atoms with E-state index in [0.717, 1.165) is 18.8 Å². The van der Waals surface area contributed by atoms with Crippen LogP contribution in [0.3, 0.4) is 0 Å². The van der Waals surface area contributed by atoms with Crippen LogP contribution in [0.2, 0.25) is 0 Å². The third-order valence-corrected chi connectivity index (χ3v) is 2.89. The molecule has 0 radical (unpaired) electrons. The Morgan fingerprint density at radius 2 is 2.05 bits per heavy atom. The summed E-state index contributed by atoms with van der Waals surface area (Å²) in [4.78, 5) is 4.34. The number of benzene rings is 1. The van der Waals surface area contributed by atoms with Crippen molar-refractivity contribution in [2.24, 2.45) is 5.92 Å². The zero-order valence-electron chi connectivity index (χ0n) is 12.4. The first-order valence-electron chi connectivity index (χ1n) is 7.03. The maximum Gasteiger partial charge on any atom is 0.219 e. The molecule has 2 rings (SSSR count). The molecular formula is C17H22N2O. The van der Waals surface area contributed by atoms with Crippen LogP contribution in [0.25, 0.3) is 0 Å². The molecule has 0 bridgehead atoms.